The van der Waals surface area contributed by atoms with Crippen molar-refractivity contribution in [2.75, 3.05) is 43.3 Å². The number of benzene rings is 7. The van der Waals surface area contributed by atoms with E-state index in [9.17, 15) is 24.0 Å². The van der Waals surface area contributed by atoms with Gasteiger partial charge in [0.2, 0.25) is 17.7 Å². The molecule has 20 nitrogen and oxygen atoms in total. The number of para-hydroxylation sites is 1. The summed E-state index contributed by atoms with van der Waals surface area (Å²) in [7, 11) is 2.54. The Labute approximate surface area is 532 Å². The van der Waals surface area contributed by atoms with E-state index in [0.717, 1.165) is 101 Å². The standard InChI is InChI=1S/C72H71N13O7/c1-42(2)62(82-71(89)91-5)69(87)84-33-13-23-60(84)67-80-58-32-29-47(38-59(58)81-67)51-19-11-21-53-52(51)20-12-22-54(53)57-39-73-40-75-66(57)78-50-18-10-15-46(37-50)55-35-45(36-56-64(55)74-41-76-65(56)77-48-16-8-7-9-17-48)26-25-44-27-30-49(31-28-44)79-68(86)61-24-14-34-85(61)70(88)63(43(3)4)83-72(90)92-6/h7-12,15-22,25-32,35-43,60-63H,13-14,23-24,33-34H2,1-6H3,(H,79,86)(H,80,81)(H,82,89)(H,83,90)(H,73,75,78)(H,74,76,77)/b26-25+/t60-,61-,62-,63-/m0/s1. The molecule has 0 spiro atoms. The number of anilines is 5. The highest BCUT2D eigenvalue weighted by molar-refractivity contribution is 6.07. The lowest BCUT2D eigenvalue weighted by atomic mass is 9.93. The van der Waals surface area contributed by atoms with Crippen molar-refractivity contribution in [3.63, 3.8) is 0 Å². The number of likely N-dealkylation sites (tertiary alicyclic amines) is 2. The molecule has 20 heteroatoms. The molecular weight excluding hydrogens is 1160 g/mol. The third-order valence-corrected chi connectivity index (χ3v) is 17.1. The van der Waals surface area contributed by atoms with Crippen LogP contribution in [0.1, 0.15) is 76.4 Å². The third kappa shape index (κ3) is 13.0. The molecule has 0 bridgehead atoms. The number of alkyl carbamates (subject to hydrolysis) is 2. The van der Waals surface area contributed by atoms with Crippen LogP contribution >= 0.6 is 0 Å². The number of nitrogens with one attached hydrogen (secondary N) is 6. The van der Waals surface area contributed by atoms with Crippen molar-refractivity contribution in [3.8, 4) is 33.4 Å². The first-order valence-corrected chi connectivity index (χ1v) is 30.9. The molecule has 0 radical (unpaired) electrons. The van der Waals surface area contributed by atoms with Crippen LogP contribution in [-0.2, 0) is 23.9 Å². The summed E-state index contributed by atoms with van der Waals surface area (Å²) in [5.74, 6) is 0.833. The number of carbonyl (C=O) groups excluding carboxylic acids is 5. The lowest BCUT2D eigenvalue weighted by Crippen LogP contribution is -2.54. The Morgan fingerprint density at radius 3 is 1.95 bits per heavy atom. The first-order chi connectivity index (χ1) is 44.7. The summed E-state index contributed by atoms with van der Waals surface area (Å²) in [5.41, 5.74) is 12.0. The molecule has 5 heterocycles. The lowest BCUT2D eigenvalue weighted by Gasteiger charge is -2.30. The molecule has 2 fully saturated rings. The van der Waals surface area contributed by atoms with Crippen LogP contribution in [0.3, 0.4) is 0 Å². The maximum absolute atomic E-state index is 13.9. The number of nitrogens with zero attached hydrogens (tertiary/aromatic N) is 7. The van der Waals surface area contributed by atoms with Gasteiger partial charge in [0, 0.05) is 52.9 Å². The molecule has 92 heavy (non-hydrogen) atoms. The van der Waals surface area contributed by atoms with Gasteiger partial charge in [-0.05, 0) is 142 Å². The van der Waals surface area contributed by atoms with Crippen molar-refractivity contribution in [2.24, 2.45) is 11.8 Å². The second-order valence-electron chi connectivity index (χ2n) is 23.8. The zero-order chi connectivity index (χ0) is 64.0. The molecule has 0 aliphatic carbocycles. The molecule has 6 N–H and O–H groups in total. The van der Waals surface area contributed by atoms with Gasteiger partial charge in [0.15, 0.2) is 0 Å². The van der Waals surface area contributed by atoms with Crippen LogP contribution in [0.4, 0.5) is 38.3 Å². The fraction of sp³-hybridized carbons (Fsp3) is 0.250. The Bertz CT molecular complexity index is 4440. The van der Waals surface area contributed by atoms with E-state index in [1.54, 1.807) is 17.6 Å². The molecule has 466 valence electrons. The first kappa shape index (κ1) is 61.2. The normalized spacial score (nSPS) is 15.5. The molecule has 5 amide bonds. The SMILES string of the molecule is COC(=O)N[C@H](C(=O)N1CCC[C@H]1C(=O)Nc1ccc(/C=C/c2cc(-c3cccc(Nc4ncncc4-c4cccc5c(-c6ccc7nc([C@@H]8CCCN8C(=O)[C@@H](NC(=O)OC)C(C)C)[nH]c7c6)cccc45)c3)c3ncnc(Nc4ccccc4)c3c2)cc1)C(C)C. The average molecular weight is 1230 g/mol. The van der Waals surface area contributed by atoms with Crippen LogP contribution in [0.5, 0.6) is 0 Å². The van der Waals surface area contributed by atoms with Gasteiger partial charge in [0.05, 0.1) is 36.8 Å². The van der Waals surface area contributed by atoms with E-state index in [2.05, 4.69) is 109 Å². The molecule has 3 aromatic heterocycles. The van der Waals surface area contributed by atoms with Crippen molar-refractivity contribution in [2.45, 2.75) is 77.5 Å². The number of H-pyrrole nitrogens is 1. The number of carbonyl (C=O) groups is 5. The largest absolute Gasteiger partial charge is 0.453 e. The van der Waals surface area contributed by atoms with Gasteiger partial charge in [-0.3, -0.25) is 14.4 Å². The number of methoxy groups -OCH3 is 2. The molecule has 0 unspecified atom stereocenters. The minimum absolute atomic E-state index is 0.145. The molecule has 0 saturated carbocycles. The van der Waals surface area contributed by atoms with Crippen LogP contribution in [0, 0.1) is 11.8 Å². The first-order valence-electron chi connectivity index (χ1n) is 30.9. The minimum atomic E-state index is -0.830. The molecule has 2 aliphatic heterocycles. The van der Waals surface area contributed by atoms with Crippen molar-refractivity contribution in [3.05, 3.63) is 181 Å². The number of amides is 5. The predicted molar refractivity (Wildman–Crippen MR) is 359 cm³/mol. The lowest BCUT2D eigenvalue weighted by molar-refractivity contribution is -0.139. The van der Waals surface area contributed by atoms with Gasteiger partial charge >= 0.3 is 12.2 Å². The van der Waals surface area contributed by atoms with Crippen LogP contribution in [0.15, 0.2) is 164 Å². The van der Waals surface area contributed by atoms with E-state index in [1.807, 2.05) is 124 Å². The quantitative estimate of drug-likeness (QED) is 0.0437. The number of imidazole rings is 1. The predicted octanol–water partition coefficient (Wildman–Crippen LogP) is 13.5. The topological polar surface area (TPSA) is 251 Å². The van der Waals surface area contributed by atoms with E-state index in [0.29, 0.717) is 49.1 Å². The number of fused-ring (bicyclic) bond motifs is 3. The second kappa shape index (κ2) is 27.0. The van der Waals surface area contributed by atoms with Crippen LogP contribution in [-0.4, -0.2) is 115 Å². The number of ether oxygens (including phenoxy) is 2. The van der Waals surface area contributed by atoms with E-state index >= 15 is 0 Å². The zero-order valence-electron chi connectivity index (χ0n) is 51.9. The van der Waals surface area contributed by atoms with Gasteiger partial charge in [-0.2, -0.15) is 0 Å². The van der Waals surface area contributed by atoms with E-state index in [-0.39, 0.29) is 35.6 Å². The van der Waals surface area contributed by atoms with Crippen molar-refractivity contribution < 1.29 is 33.4 Å². The van der Waals surface area contributed by atoms with Crippen molar-refractivity contribution >= 4 is 103 Å². The average Bonchev–Trinajstić information content (AvgIpc) is 1.04. The molecular formula is C72H71N13O7. The third-order valence-electron chi connectivity index (χ3n) is 17.1. The molecule has 4 atom stereocenters. The van der Waals surface area contributed by atoms with Gasteiger partial charge in [-0.25, -0.2) is 34.5 Å². The van der Waals surface area contributed by atoms with Gasteiger partial charge in [0.1, 0.15) is 48.2 Å². The van der Waals surface area contributed by atoms with Gasteiger partial charge in [-0.1, -0.05) is 125 Å². The maximum Gasteiger partial charge on any atom is 0.407 e. The number of hydrogen-bond acceptors (Lipinski definition) is 14. The number of aromatic amines is 1. The summed E-state index contributed by atoms with van der Waals surface area (Å²) < 4.78 is 9.61. The highest BCUT2D eigenvalue weighted by Gasteiger charge is 2.40. The van der Waals surface area contributed by atoms with Crippen LogP contribution in [0.2, 0.25) is 0 Å². The van der Waals surface area contributed by atoms with Crippen molar-refractivity contribution in [1.29, 1.82) is 0 Å². The Morgan fingerprint density at radius 1 is 0.565 bits per heavy atom. The van der Waals surface area contributed by atoms with Crippen molar-refractivity contribution in [1.82, 2.24) is 50.3 Å². The summed E-state index contributed by atoms with van der Waals surface area (Å²) in [5, 5.41) is 18.4. The fourth-order valence-corrected chi connectivity index (χ4v) is 12.4. The van der Waals surface area contributed by atoms with Gasteiger partial charge < -0.3 is 50.8 Å². The Balaban J connectivity index is 0.804. The Morgan fingerprint density at radius 2 is 1.21 bits per heavy atom. The fourth-order valence-electron chi connectivity index (χ4n) is 12.4. The monoisotopic (exact) mass is 1230 g/mol. The molecule has 2 saturated heterocycles. The van der Waals surface area contributed by atoms with Gasteiger partial charge in [-0.15, -0.1) is 0 Å². The second-order valence-corrected chi connectivity index (χ2v) is 23.8. The Hall–Kier alpha value is -11.0. The van der Waals surface area contributed by atoms with Crippen LogP contribution < -0.4 is 26.6 Å². The molecule has 12 rings (SSSR count). The minimum Gasteiger partial charge on any atom is -0.453 e. The summed E-state index contributed by atoms with van der Waals surface area (Å²) in [4.78, 5) is 96.5. The van der Waals surface area contributed by atoms with E-state index in [4.69, 9.17) is 29.4 Å². The summed E-state index contributed by atoms with van der Waals surface area (Å²) in [6, 6.07) is 46.0. The highest BCUT2D eigenvalue weighted by Crippen LogP contribution is 2.41. The molecule has 2 aliphatic rings. The van der Waals surface area contributed by atoms with E-state index < -0.39 is 30.3 Å². The number of rotatable bonds is 18. The Kier molecular flexibility index (Phi) is 18.0. The van der Waals surface area contributed by atoms with Crippen LogP contribution in [0.25, 0.3) is 78.2 Å². The maximum atomic E-state index is 13.9. The zero-order valence-corrected chi connectivity index (χ0v) is 51.9. The summed E-state index contributed by atoms with van der Waals surface area (Å²) >= 11 is 0. The summed E-state index contributed by atoms with van der Waals surface area (Å²) in [6.07, 6.45) is 10.4. The van der Waals surface area contributed by atoms with E-state index in [1.165, 1.54) is 14.2 Å². The summed E-state index contributed by atoms with van der Waals surface area (Å²) in [6.45, 7) is 8.46. The number of aromatic nitrogens is 6. The smallest absolute Gasteiger partial charge is 0.407 e. The number of hydrogen-bond donors (Lipinski definition) is 6. The molecule has 10 aromatic rings. The molecule has 7 aromatic carbocycles. The van der Waals surface area contributed by atoms with Gasteiger partial charge in [0.25, 0.3) is 0 Å². The highest BCUT2D eigenvalue weighted by atomic mass is 16.5.